The summed E-state index contributed by atoms with van der Waals surface area (Å²) in [6.45, 7) is 4.48. The molecule has 2 saturated heterocycles. The van der Waals surface area contributed by atoms with E-state index in [2.05, 4.69) is 10.6 Å². The molecule has 2 aliphatic heterocycles. The summed E-state index contributed by atoms with van der Waals surface area (Å²) in [5, 5.41) is 6.26. The second-order valence-electron chi connectivity index (χ2n) is 7.02. The molecule has 0 aromatic heterocycles. The predicted molar refractivity (Wildman–Crippen MR) is 100 cm³/mol. The van der Waals surface area contributed by atoms with E-state index in [4.69, 9.17) is 0 Å². The first-order chi connectivity index (χ1) is 12.0. The lowest BCUT2D eigenvalue weighted by molar-refractivity contribution is -0.116. The van der Waals surface area contributed by atoms with Crippen LogP contribution < -0.4 is 14.9 Å². The van der Waals surface area contributed by atoms with Crippen LogP contribution in [0.25, 0.3) is 0 Å². The number of sulfonamides is 1. The van der Waals surface area contributed by atoms with Crippen LogP contribution in [-0.2, 0) is 14.8 Å². The number of anilines is 2. The summed E-state index contributed by atoms with van der Waals surface area (Å²) >= 11 is 0. The van der Waals surface area contributed by atoms with E-state index in [0.717, 1.165) is 37.9 Å². The average Bonchev–Trinajstić information content (AvgIpc) is 2.95. The van der Waals surface area contributed by atoms with Gasteiger partial charge < -0.3 is 10.6 Å². The van der Waals surface area contributed by atoms with Gasteiger partial charge in [-0.3, -0.25) is 9.10 Å². The molecular weight excluding hydrogens is 338 g/mol. The summed E-state index contributed by atoms with van der Waals surface area (Å²) in [6, 6.07) is 5.48. The van der Waals surface area contributed by atoms with Gasteiger partial charge in [-0.05, 0) is 69.3 Å². The average molecular weight is 365 g/mol. The van der Waals surface area contributed by atoms with E-state index in [1.807, 2.05) is 19.1 Å². The molecule has 7 heteroatoms. The van der Waals surface area contributed by atoms with Crippen molar-refractivity contribution in [2.75, 3.05) is 35.0 Å². The maximum absolute atomic E-state index is 12.2. The topological polar surface area (TPSA) is 78.5 Å². The van der Waals surface area contributed by atoms with Crippen LogP contribution in [0.5, 0.6) is 0 Å². The molecule has 1 amide bonds. The zero-order chi connectivity index (χ0) is 17.9. The Morgan fingerprint density at radius 1 is 1.32 bits per heavy atom. The Morgan fingerprint density at radius 3 is 2.76 bits per heavy atom. The number of hydrogen-bond donors (Lipinski definition) is 2. The van der Waals surface area contributed by atoms with Crippen molar-refractivity contribution in [3.8, 4) is 0 Å². The van der Waals surface area contributed by atoms with Gasteiger partial charge >= 0.3 is 0 Å². The van der Waals surface area contributed by atoms with Crippen LogP contribution in [0.4, 0.5) is 11.4 Å². The Morgan fingerprint density at radius 2 is 2.08 bits per heavy atom. The molecule has 6 nitrogen and oxygen atoms in total. The SMILES string of the molecule is Cc1ccc(NC(=O)CCC2CCNCC2)cc1N1CCCS1(=O)=O. The largest absolute Gasteiger partial charge is 0.326 e. The smallest absolute Gasteiger partial charge is 0.235 e. The van der Waals surface area contributed by atoms with Gasteiger partial charge in [0.2, 0.25) is 15.9 Å². The summed E-state index contributed by atoms with van der Waals surface area (Å²) in [5.41, 5.74) is 2.24. The molecule has 0 atom stereocenters. The highest BCUT2D eigenvalue weighted by Gasteiger charge is 2.29. The van der Waals surface area contributed by atoms with Crippen molar-refractivity contribution >= 4 is 27.3 Å². The molecular formula is C18H27N3O3S. The van der Waals surface area contributed by atoms with Gasteiger partial charge in [0, 0.05) is 18.7 Å². The lowest BCUT2D eigenvalue weighted by Crippen LogP contribution is -2.28. The predicted octanol–water partition coefficient (Wildman–Crippen LogP) is 2.25. The van der Waals surface area contributed by atoms with Gasteiger partial charge in [-0.1, -0.05) is 6.07 Å². The highest BCUT2D eigenvalue weighted by molar-refractivity contribution is 7.93. The van der Waals surface area contributed by atoms with E-state index >= 15 is 0 Å². The second kappa shape index (κ2) is 7.74. The highest BCUT2D eigenvalue weighted by atomic mass is 32.2. The van der Waals surface area contributed by atoms with Crippen LogP contribution in [0.3, 0.4) is 0 Å². The summed E-state index contributed by atoms with van der Waals surface area (Å²) < 4.78 is 25.8. The molecule has 2 N–H and O–H groups in total. The molecule has 0 unspecified atom stereocenters. The van der Waals surface area contributed by atoms with Gasteiger partial charge in [-0.2, -0.15) is 0 Å². The minimum atomic E-state index is -3.22. The number of piperidine rings is 1. The van der Waals surface area contributed by atoms with Crippen LogP contribution >= 0.6 is 0 Å². The number of carbonyl (C=O) groups excluding carboxylic acids is 1. The molecule has 3 rings (SSSR count). The zero-order valence-corrected chi connectivity index (χ0v) is 15.6. The Balaban J connectivity index is 1.62. The lowest BCUT2D eigenvalue weighted by Gasteiger charge is -2.22. The number of benzene rings is 1. The molecule has 138 valence electrons. The molecule has 1 aromatic carbocycles. The van der Waals surface area contributed by atoms with Crippen molar-refractivity contribution in [1.29, 1.82) is 0 Å². The van der Waals surface area contributed by atoms with E-state index in [-0.39, 0.29) is 11.7 Å². The number of nitrogens with one attached hydrogen (secondary N) is 2. The Bertz CT molecular complexity index is 727. The third-order valence-electron chi connectivity index (χ3n) is 5.10. The summed E-state index contributed by atoms with van der Waals surface area (Å²) in [4.78, 5) is 12.2. The number of carbonyl (C=O) groups is 1. The fourth-order valence-corrected chi connectivity index (χ4v) is 5.21. The summed E-state index contributed by atoms with van der Waals surface area (Å²) in [6.07, 6.45) is 4.33. The van der Waals surface area contributed by atoms with E-state index in [1.165, 1.54) is 4.31 Å². The molecule has 25 heavy (non-hydrogen) atoms. The quantitative estimate of drug-likeness (QED) is 0.839. The first-order valence-electron chi connectivity index (χ1n) is 9.07. The fraction of sp³-hybridized carbons (Fsp3) is 0.611. The summed E-state index contributed by atoms with van der Waals surface area (Å²) in [7, 11) is -3.22. The monoisotopic (exact) mass is 365 g/mol. The van der Waals surface area contributed by atoms with Crippen LogP contribution in [0.2, 0.25) is 0 Å². The standard InChI is InChI=1S/C18H27N3O3S/c1-14-3-5-16(13-17(14)21-11-2-12-25(21,23)24)20-18(22)6-4-15-7-9-19-10-8-15/h3,5,13,15,19H,2,4,6-12H2,1H3,(H,20,22). The molecule has 2 fully saturated rings. The maximum Gasteiger partial charge on any atom is 0.235 e. The van der Waals surface area contributed by atoms with Crippen molar-refractivity contribution in [2.45, 2.75) is 39.0 Å². The fourth-order valence-electron chi connectivity index (χ4n) is 3.60. The first-order valence-corrected chi connectivity index (χ1v) is 10.7. The number of aryl methyl sites for hydroxylation is 1. The Labute approximate surface area is 150 Å². The van der Waals surface area contributed by atoms with Crippen LogP contribution in [0.1, 0.15) is 37.7 Å². The molecule has 2 aliphatic rings. The van der Waals surface area contributed by atoms with Crippen LogP contribution in [-0.4, -0.2) is 39.7 Å². The molecule has 0 radical (unpaired) electrons. The third kappa shape index (κ3) is 4.52. The minimum Gasteiger partial charge on any atom is -0.326 e. The van der Waals surface area contributed by atoms with Crippen molar-refractivity contribution in [2.24, 2.45) is 5.92 Å². The number of rotatable bonds is 5. The van der Waals surface area contributed by atoms with Gasteiger partial charge in [-0.25, -0.2) is 8.42 Å². The molecule has 1 aromatic rings. The van der Waals surface area contributed by atoms with Crippen molar-refractivity contribution in [3.05, 3.63) is 23.8 Å². The molecule has 0 spiro atoms. The number of amides is 1. The number of nitrogens with zero attached hydrogens (tertiary/aromatic N) is 1. The van der Waals surface area contributed by atoms with E-state index in [9.17, 15) is 13.2 Å². The van der Waals surface area contributed by atoms with Gasteiger partial charge in [0.1, 0.15) is 0 Å². The molecule has 0 bridgehead atoms. The first kappa shape index (κ1) is 18.2. The van der Waals surface area contributed by atoms with Gasteiger partial charge in [0.05, 0.1) is 11.4 Å². The van der Waals surface area contributed by atoms with Crippen molar-refractivity contribution in [1.82, 2.24) is 5.32 Å². The molecule has 2 heterocycles. The highest BCUT2D eigenvalue weighted by Crippen LogP contribution is 2.30. The van der Waals surface area contributed by atoms with Gasteiger partial charge in [-0.15, -0.1) is 0 Å². The number of hydrogen-bond acceptors (Lipinski definition) is 4. The zero-order valence-electron chi connectivity index (χ0n) is 14.8. The van der Waals surface area contributed by atoms with Crippen LogP contribution in [0, 0.1) is 12.8 Å². The normalized spacial score (nSPS) is 20.6. The van der Waals surface area contributed by atoms with E-state index in [1.54, 1.807) is 6.07 Å². The third-order valence-corrected chi connectivity index (χ3v) is 6.95. The molecule has 0 saturated carbocycles. The lowest BCUT2D eigenvalue weighted by atomic mass is 9.93. The van der Waals surface area contributed by atoms with Crippen molar-refractivity contribution in [3.63, 3.8) is 0 Å². The van der Waals surface area contributed by atoms with Crippen molar-refractivity contribution < 1.29 is 13.2 Å². The Kier molecular flexibility index (Phi) is 5.64. The van der Waals surface area contributed by atoms with Gasteiger partial charge in [0.15, 0.2) is 0 Å². The maximum atomic E-state index is 12.2. The second-order valence-corrected chi connectivity index (χ2v) is 9.04. The minimum absolute atomic E-state index is 0.00221. The van der Waals surface area contributed by atoms with E-state index < -0.39 is 10.0 Å². The van der Waals surface area contributed by atoms with Crippen LogP contribution in [0.15, 0.2) is 18.2 Å². The Hall–Kier alpha value is -1.60. The van der Waals surface area contributed by atoms with Gasteiger partial charge in [0.25, 0.3) is 0 Å². The van der Waals surface area contributed by atoms with E-state index in [0.29, 0.717) is 36.7 Å². The molecule has 0 aliphatic carbocycles. The summed E-state index contributed by atoms with van der Waals surface area (Å²) in [5.74, 6) is 0.812.